The Hall–Kier alpha value is -3.06. The van der Waals surface area contributed by atoms with Crippen molar-refractivity contribution in [2.75, 3.05) is 7.05 Å². The predicted octanol–water partition coefficient (Wildman–Crippen LogP) is 5.55. The van der Waals surface area contributed by atoms with Gasteiger partial charge in [0.25, 0.3) is 0 Å². The first-order valence-electron chi connectivity index (χ1n) is 9.84. The number of hydrazone groups is 1. The maximum atomic E-state index is 12.9. The number of carbonyl (C=O) groups is 1. The van der Waals surface area contributed by atoms with E-state index in [0.717, 1.165) is 29.7 Å². The van der Waals surface area contributed by atoms with E-state index in [9.17, 15) is 13.6 Å². The molecule has 1 atom stereocenters. The van der Waals surface area contributed by atoms with E-state index in [2.05, 4.69) is 16.8 Å². The normalized spacial score (nSPS) is 15.1. The Morgan fingerprint density at radius 1 is 1.26 bits per heavy atom. The molecule has 0 radical (unpaired) electrons. The number of hydrogen-bond acceptors (Lipinski definition) is 4. The summed E-state index contributed by atoms with van der Waals surface area (Å²) in [5.74, 6) is -1.08. The van der Waals surface area contributed by atoms with E-state index >= 15 is 0 Å². The molecule has 0 amide bonds. The Balaban J connectivity index is 0.000000179. The minimum absolute atomic E-state index is 0.0415. The molecule has 3 aromatic rings. The van der Waals surface area contributed by atoms with Crippen molar-refractivity contribution in [3.8, 4) is 0 Å². The maximum Gasteiger partial charge on any atom is 0.145 e. The summed E-state index contributed by atoms with van der Waals surface area (Å²) in [6, 6.07) is 11.3. The lowest BCUT2D eigenvalue weighted by atomic mass is 10.0. The minimum Gasteiger partial charge on any atom is -0.298 e. The van der Waals surface area contributed by atoms with Gasteiger partial charge in [0.2, 0.25) is 0 Å². The highest BCUT2D eigenvalue weighted by atomic mass is 35.5. The Labute approximate surface area is 184 Å². The molecule has 0 fully saturated rings. The molecule has 1 aromatic heterocycles. The minimum atomic E-state index is -0.541. The van der Waals surface area contributed by atoms with Gasteiger partial charge in [-0.2, -0.15) is 10.2 Å². The summed E-state index contributed by atoms with van der Waals surface area (Å²) in [6.07, 6.45) is 4.72. The average Bonchev–Trinajstić information content (AvgIpc) is 3.31. The van der Waals surface area contributed by atoms with Crippen LogP contribution in [0.15, 0.2) is 59.7 Å². The monoisotopic (exact) mass is 444 g/mol. The van der Waals surface area contributed by atoms with E-state index < -0.39 is 11.6 Å². The lowest BCUT2D eigenvalue weighted by Gasteiger charge is -2.19. The second-order valence-corrected chi connectivity index (χ2v) is 7.59. The van der Waals surface area contributed by atoms with E-state index in [0.29, 0.717) is 35.7 Å². The lowest BCUT2D eigenvalue weighted by molar-refractivity contribution is -0.105. The van der Waals surface area contributed by atoms with Crippen molar-refractivity contribution in [1.82, 2.24) is 14.8 Å². The van der Waals surface area contributed by atoms with E-state index in [1.807, 2.05) is 24.3 Å². The first-order valence-corrected chi connectivity index (χ1v) is 10.2. The van der Waals surface area contributed by atoms with E-state index in [1.54, 1.807) is 23.0 Å². The van der Waals surface area contributed by atoms with Crippen molar-refractivity contribution < 1.29 is 13.6 Å². The van der Waals surface area contributed by atoms with Gasteiger partial charge in [-0.05, 0) is 48.2 Å². The van der Waals surface area contributed by atoms with Crippen LogP contribution in [-0.4, -0.2) is 34.3 Å². The Kier molecular flexibility index (Phi) is 7.52. The van der Waals surface area contributed by atoms with Gasteiger partial charge in [0, 0.05) is 37.7 Å². The van der Waals surface area contributed by atoms with Gasteiger partial charge in [0.1, 0.15) is 23.1 Å². The van der Waals surface area contributed by atoms with E-state index in [1.165, 1.54) is 12.1 Å². The second kappa shape index (κ2) is 10.3. The van der Waals surface area contributed by atoms with Crippen LogP contribution in [0.25, 0.3) is 10.9 Å². The summed E-state index contributed by atoms with van der Waals surface area (Å²) >= 11 is 6.21. The molecule has 2 aromatic carbocycles. The molecule has 8 heteroatoms. The highest BCUT2D eigenvalue weighted by molar-refractivity contribution is 6.34. The van der Waals surface area contributed by atoms with E-state index in [-0.39, 0.29) is 6.04 Å². The zero-order chi connectivity index (χ0) is 22.4. The van der Waals surface area contributed by atoms with Crippen LogP contribution >= 0.6 is 11.6 Å². The quantitative estimate of drug-likeness (QED) is 0.370. The summed E-state index contributed by atoms with van der Waals surface area (Å²) < 4.78 is 27.6. The Morgan fingerprint density at radius 3 is 2.58 bits per heavy atom. The van der Waals surface area contributed by atoms with E-state index in [4.69, 9.17) is 11.6 Å². The van der Waals surface area contributed by atoms with Gasteiger partial charge < -0.3 is 0 Å². The van der Waals surface area contributed by atoms with Crippen LogP contribution in [0.2, 0.25) is 5.15 Å². The summed E-state index contributed by atoms with van der Waals surface area (Å²) in [4.78, 5) is 10.4. The molecule has 0 saturated carbocycles. The number of carbonyl (C=O) groups excluding carboxylic acids is 1. The van der Waals surface area contributed by atoms with Crippen molar-refractivity contribution >= 4 is 35.0 Å². The van der Waals surface area contributed by atoms with Crippen LogP contribution in [0.3, 0.4) is 0 Å². The van der Waals surface area contributed by atoms with Crippen LogP contribution in [0.4, 0.5) is 8.78 Å². The number of hydrogen-bond donors (Lipinski definition) is 0. The molecule has 0 saturated heterocycles. The summed E-state index contributed by atoms with van der Waals surface area (Å²) in [6.45, 7) is 4.33. The molecule has 1 aliphatic rings. The van der Waals surface area contributed by atoms with Gasteiger partial charge in [-0.1, -0.05) is 30.3 Å². The van der Waals surface area contributed by atoms with Crippen LogP contribution in [0.5, 0.6) is 0 Å². The average molecular weight is 445 g/mol. The number of fused-ring (bicyclic) bond motifs is 1. The third-order valence-electron chi connectivity index (χ3n) is 4.93. The van der Waals surface area contributed by atoms with Crippen molar-refractivity contribution in [3.63, 3.8) is 0 Å². The molecular formula is C23H23ClF2N4O. The SMILES string of the molecule is C=C(C=O)CCCn1nc2ccccc2c1Cl.CN1N=CCC1c1cc(F)cc(F)c1. The van der Waals surface area contributed by atoms with Crippen molar-refractivity contribution in [2.24, 2.45) is 5.10 Å². The standard InChI is InChI=1S/C13H13ClN2O.C10H10F2N2/c1-10(9-17)5-4-8-16-13(14)11-6-2-3-7-12(11)15-16;1-14-10(2-3-13-14)7-4-8(11)6-9(12)5-7/h2-3,6-7,9H,1,4-5,8H2;3-6,10H,2H2,1H3. The number of rotatable bonds is 6. The van der Waals surface area contributed by atoms with Gasteiger partial charge in [-0.25, -0.2) is 8.78 Å². The van der Waals surface area contributed by atoms with Crippen LogP contribution in [0, 0.1) is 11.6 Å². The molecule has 1 unspecified atom stereocenters. The third kappa shape index (κ3) is 5.76. The topological polar surface area (TPSA) is 50.5 Å². The highest BCUT2D eigenvalue weighted by Gasteiger charge is 2.20. The predicted molar refractivity (Wildman–Crippen MR) is 119 cm³/mol. The zero-order valence-corrected chi connectivity index (χ0v) is 17.9. The van der Waals surface area contributed by atoms with Gasteiger partial charge >= 0.3 is 0 Å². The highest BCUT2D eigenvalue weighted by Crippen LogP contribution is 2.27. The molecule has 1 aliphatic heterocycles. The number of nitrogens with zero attached hydrogens (tertiary/aromatic N) is 4. The zero-order valence-electron chi connectivity index (χ0n) is 17.1. The van der Waals surface area contributed by atoms with Gasteiger partial charge in [-0.3, -0.25) is 14.5 Å². The van der Waals surface area contributed by atoms with Gasteiger partial charge in [0.15, 0.2) is 0 Å². The third-order valence-corrected chi connectivity index (χ3v) is 5.33. The van der Waals surface area contributed by atoms with Crippen molar-refractivity contribution in [3.05, 3.63) is 77.0 Å². The Morgan fingerprint density at radius 2 is 1.97 bits per heavy atom. The number of aldehydes is 1. The molecule has 0 aliphatic carbocycles. The smallest absolute Gasteiger partial charge is 0.145 e. The molecule has 0 spiro atoms. The Bertz CT molecular complexity index is 1090. The molecule has 5 nitrogen and oxygen atoms in total. The number of aryl methyl sites for hydroxylation is 1. The van der Waals surface area contributed by atoms with Crippen molar-refractivity contribution in [2.45, 2.75) is 31.8 Å². The lowest BCUT2D eigenvalue weighted by Crippen LogP contribution is -2.14. The molecular weight excluding hydrogens is 422 g/mol. The fraction of sp³-hybridized carbons (Fsp3) is 0.261. The molecule has 0 bridgehead atoms. The van der Waals surface area contributed by atoms with Crippen molar-refractivity contribution in [1.29, 1.82) is 0 Å². The number of aromatic nitrogens is 2. The summed E-state index contributed by atoms with van der Waals surface area (Å²) in [5, 5.41) is 11.7. The van der Waals surface area contributed by atoms with Crippen LogP contribution in [0.1, 0.15) is 30.9 Å². The largest absolute Gasteiger partial charge is 0.298 e. The molecule has 0 N–H and O–H groups in total. The fourth-order valence-electron chi connectivity index (χ4n) is 3.34. The van der Waals surface area contributed by atoms with Crippen LogP contribution in [-0.2, 0) is 11.3 Å². The second-order valence-electron chi connectivity index (χ2n) is 7.24. The van der Waals surface area contributed by atoms with Gasteiger partial charge in [-0.15, -0.1) is 0 Å². The number of allylic oxidation sites excluding steroid dienone is 1. The number of halogens is 3. The number of benzene rings is 2. The summed E-state index contributed by atoms with van der Waals surface area (Å²) in [5.41, 5.74) is 2.13. The molecule has 31 heavy (non-hydrogen) atoms. The fourth-order valence-corrected chi connectivity index (χ4v) is 3.62. The molecule has 162 valence electrons. The first kappa shape index (κ1) is 22.6. The molecule has 2 heterocycles. The summed E-state index contributed by atoms with van der Waals surface area (Å²) in [7, 11) is 1.79. The maximum absolute atomic E-state index is 12.9. The first-order chi connectivity index (χ1) is 14.9. The molecule has 4 rings (SSSR count). The van der Waals surface area contributed by atoms with Crippen LogP contribution < -0.4 is 0 Å². The van der Waals surface area contributed by atoms with Gasteiger partial charge in [0.05, 0.1) is 11.6 Å².